The zero-order chi connectivity index (χ0) is 17.0. The molecule has 6 nitrogen and oxygen atoms in total. The highest BCUT2D eigenvalue weighted by atomic mass is 32.2. The van der Waals surface area contributed by atoms with Gasteiger partial charge in [0.25, 0.3) is 0 Å². The van der Waals surface area contributed by atoms with Crippen LogP contribution in [0.15, 0.2) is 58.3 Å². The van der Waals surface area contributed by atoms with Crippen LogP contribution in [0, 0.1) is 11.3 Å². The van der Waals surface area contributed by atoms with Gasteiger partial charge in [-0.15, -0.1) is 0 Å². The molecule has 0 saturated heterocycles. The van der Waals surface area contributed by atoms with E-state index in [0.717, 1.165) is 0 Å². The van der Waals surface area contributed by atoms with E-state index in [-0.39, 0.29) is 15.4 Å². The molecular formula is C16H15N3O3S. The molecule has 3 N–H and O–H groups in total. The Morgan fingerprint density at radius 1 is 1.17 bits per heavy atom. The summed E-state index contributed by atoms with van der Waals surface area (Å²) in [6.07, 6.45) is 0. The van der Waals surface area contributed by atoms with E-state index in [1.165, 1.54) is 49.4 Å². The number of benzene rings is 2. The molecule has 0 aliphatic carbocycles. The zero-order valence-corrected chi connectivity index (χ0v) is 13.2. The lowest BCUT2D eigenvalue weighted by atomic mass is 10.2. The number of amides is 1. The van der Waals surface area contributed by atoms with Crippen LogP contribution in [-0.4, -0.2) is 20.4 Å². The van der Waals surface area contributed by atoms with Crippen LogP contribution in [0.2, 0.25) is 0 Å². The summed E-state index contributed by atoms with van der Waals surface area (Å²) in [5.41, 5.74) is 6.06. The molecule has 1 amide bonds. The van der Waals surface area contributed by atoms with Crippen LogP contribution >= 0.6 is 0 Å². The minimum absolute atomic E-state index is 0.0206. The molecular weight excluding hydrogens is 314 g/mol. The average Bonchev–Trinajstić information content (AvgIpc) is 2.55. The molecule has 118 valence electrons. The van der Waals surface area contributed by atoms with Gasteiger partial charge < -0.3 is 11.1 Å². The Morgan fingerprint density at radius 2 is 1.78 bits per heavy atom. The molecule has 2 aromatic rings. The van der Waals surface area contributed by atoms with E-state index in [1.807, 2.05) is 6.07 Å². The fourth-order valence-electron chi connectivity index (χ4n) is 1.87. The lowest BCUT2D eigenvalue weighted by Crippen LogP contribution is -2.32. The second-order valence-electron chi connectivity index (χ2n) is 4.95. The number of nitrogens with two attached hydrogens (primary N) is 1. The number of hydrogen-bond acceptors (Lipinski definition) is 5. The summed E-state index contributed by atoms with van der Waals surface area (Å²) in [6, 6.07) is 12.8. The van der Waals surface area contributed by atoms with Crippen LogP contribution in [0.3, 0.4) is 0 Å². The second kappa shape index (κ2) is 6.60. The van der Waals surface area contributed by atoms with Gasteiger partial charge in [-0.1, -0.05) is 12.1 Å². The van der Waals surface area contributed by atoms with E-state index < -0.39 is 21.8 Å². The van der Waals surface area contributed by atoms with Crippen molar-refractivity contribution < 1.29 is 13.2 Å². The van der Waals surface area contributed by atoms with E-state index >= 15 is 0 Å². The smallest absolute Gasteiger partial charge is 0.240 e. The standard InChI is InChI=1S/C16H15N3O3S/c1-11(18)16(20)19-13-5-3-7-15(9-13)23(21,22)14-6-2-4-12(8-14)10-17/h2-9,11H,18H2,1H3,(H,19,20). The third kappa shape index (κ3) is 3.74. The Bertz CT molecular complexity index is 883. The Hall–Kier alpha value is -2.69. The minimum Gasteiger partial charge on any atom is -0.325 e. The van der Waals surface area contributed by atoms with E-state index in [1.54, 1.807) is 6.07 Å². The van der Waals surface area contributed by atoms with Gasteiger partial charge in [0, 0.05) is 5.69 Å². The minimum atomic E-state index is -3.78. The number of nitrogens with one attached hydrogen (secondary N) is 1. The highest BCUT2D eigenvalue weighted by Crippen LogP contribution is 2.24. The van der Waals surface area contributed by atoms with Crippen LogP contribution in [-0.2, 0) is 14.6 Å². The largest absolute Gasteiger partial charge is 0.325 e. The fraction of sp³-hybridized carbons (Fsp3) is 0.125. The quantitative estimate of drug-likeness (QED) is 0.886. The van der Waals surface area contributed by atoms with Crippen molar-refractivity contribution in [2.45, 2.75) is 22.8 Å². The summed E-state index contributed by atoms with van der Waals surface area (Å²) in [4.78, 5) is 11.6. The molecule has 0 spiro atoms. The third-order valence-corrected chi connectivity index (χ3v) is 4.85. The van der Waals surface area contributed by atoms with Gasteiger partial charge in [-0.2, -0.15) is 5.26 Å². The molecule has 0 fully saturated rings. The molecule has 0 heterocycles. The van der Waals surface area contributed by atoms with Gasteiger partial charge in [0.05, 0.1) is 27.5 Å². The molecule has 0 aliphatic rings. The van der Waals surface area contributed by atoms with Crippen molar-refractivity contribution >= 4 is 21.4 Å². The molecule has 2 aromatic carbocycles. The first-order valence-electron chi connectivity index (χ1n) is 6.76. The van der Waals surface area contributed by atoms with Crippen LogP contribution in [0.4, 0.5) is 5.69 Å². The predicted molar refractivity (Wildman–Crippen MR) is 85.3 cm³/mol. The van der Waals surface area contributed by atoms with E-state index in [0.29, 0.717) is 5.69 Å². The van der Waals surface area contributed by atoms with Gasteiger partial charge in [0.15, 0.2) is 0 Å². The van der Waals surface area contributed by atoms with Gasteiger partial charge in [0.2, 0.25) is 15.7 Å². The lowest BCUT2D eigenvalue weighted by molar-refractivity contribution is -0.117. The Balaban J connectivity index is 2.41. The molecule has 0 bridgehead atoms. The molecule has 23 heavy (non-hydrogen) atoms. The molecule has 2 rings (SSSR count). The fourth-order valence-corrected chi connectivity index (χ4v) is 3.22. The first kappa shape index (κ1) is 16.7. The molecule has 0 radical (unpaired) electrons. The Kier molecular flexibility index (Phi) is 4.79. The summed E-state index contributed by atoms with van der Waals surface area (Å²) in [5, 5.41) is 11.4. The number of hydrogen-bond donors (Lipinski definition) is 2. The summed E-state index contributed by atoms with van der Waals surface area (Å²) >= 11 is 0. The van der Waals surface area contributed by atoms with Crippen LogP contribution in [0.1, 0.15) is 12.5 Å². The molecule has 1 unspecified atom stereocenters. The first-order chi connectivity index (χ1) is 10.8. The maximum absolute atomic E-state index is 12.6. The molecule has 7 heteroatoms. The Labute approximate surface area is 134 Å². The van der Waals surface area contributed by atoms with E-state index in [4.69, 9.17) is 11.0 Å². The number of nitrogens with zero attached hydrogens (tertiary/aromatic N) is 1. The normalized spacial score (nSPS) is 12.2. The van der Waals surface area contributed by atoms with Crippen molar-refractivity contribution in [1.82, 2.24) is 0 Å². The molecule has 1 atom stereocenters. The number of rotatable bonds is 4. The highest BCUT2D eigenvalue weighted by Gasteiger charge is 2.19. The number of carbonyl (C=O) groups is 1. The van der Waals surface area contributed by atoms with Crippen LogP contribution < -0.4 is 11.1 Å². The molecule has 0 aromatic heterocycles. The van der Waals surface area contributed by atoms with Crippen molar-refractivity contribution in [2.24, 2.45) is 5.73 Å². The number of sulfone groups is 1. The van der Waals surface area contributed by atoms with Crippen molar-refractivity contribution in [2.75, 3.05) is 5.32 Å². The molecule has 0 saturated carbocycles. The summed E-state index contributed by atoms with van der Waals surface area (Å²) < 4.78 is 25.3. The topological polar surface area (TPSA) is 113 Å². The average molecular weight is 329 g/mol. The number of carbonyl (C=O) groups excluding carboxylic acids is 1. The van der Waals surface area contributed by atoms with Gasteiger partial charge in [0.1, 0.15) is 0 Å². The summed E-state index contributed by atoms with van der Waals surface area (Å²) in [6.45, 7) is 1.53. The maximum atomic E-state index is 12.6. The van der Waals surface area contributed by atoms with Crippen molar-refractivity contribution in [3.63, 3.8) is 0 Å². The lowest BCUT2D eigenvalue weighted by Gasteiger charge is -2.10. The molecule has 0 aliphatic heterocycles. The van der Waals surface area contributed by atoms with Crippen molar-refractivity contribution in [1.29, 1.82) is 5.26 Å². The Morgan fingerprint density at radius 3 is 2.39 bits per heavy atom. The van der Waals surface area contributed by atoms with Crippen LogP contribution in [0.25, 0.3) is 0 Å². The number of nitriles is 1. The van der Waals surface area contributed by atoms with E-state index in [2.05, 4.69) is 5.32 Å². The second-order valence-corrected chi connectivity index (χ2v) is 6.90. The van der Waals surface area contributed by atoms with Crippen molar-refractivity contribution in [3.05, 3.63) is 54.1 Å². The van der Waals surface area contributed by atoms with Gasteiger partial charge in [-0.3, -0.25) is 4.79 Å². The SMILES string of the molecule is CC(N)C(=O)Nc1cccc(S(=O)(=O)c2cccc(C#N)c2)c1. The highest BCUT2D eigenvalue weighted by molar-refractivity contribution is 7.91. The van der Waals surface area contributed by atoms with E-state index in [9.17, 15) is 13.2 Å². The van der Waals surface area contributed by atoms with Crippen LogP contribution in [0.5, 0.6) is 0 Å². The maximum Gasteiger partial charge on any atom is 0.240 e. The number of anilines is 1. The summed E-state index contributed by atoms with van der Waals surface area (Å²) in [7, 11) is -3.78. The third-order valence-electron chi connectivity index (χ3n) is 3.10. The summed E-state index contributed by atoms with van der Waals surface area (Å²) in [5.74, 6) is -0.411. The van der Waals surface area contributed by atoms with Gasteiger partial charge in [-0.05, 0) is 43.3 Å². The first-order valence-corrected chi connectivity index (χ1v) is 8.24. The predicted octanol–water partition coefficient (Wildman–Crippen LogP) is 1.68. The van der Waals surface area contributed by atoms with Gasteiger partial charge in [-0.25, -0.2) is 8.42 Å². The monoisotopic (exact) mass is 329 g/mol. The van der Waals surface area contributed by atoms with Crippen molar-refractivity contribution in [3.8, 4) is 6.07 Å². The van der Waals surface area contributed by atoms with Gasteiger partial charge >= 0.3 is 0 Å². The zero-order valence-electron chi connectivity index (χ0n) is 12.4.